The van der Waals surface area contributed by atoms with Crippen LogP contribution in [0.3, 0.4) is 0 Å². The van der Waals surface area contributed by atoms with Gasteiger partial charge in [0.15, 0.2) is 5.78 Å². The Labute approximate surface area is 188 Å². The van der Waals surface area contributed by atoms with Gasteiger partial charge in [0.2, 0.25) is 0 Å². The Morgan fingerprint density at radius 1 is 1.14 bits per heavy atom. The summed E-state index contributed by atoms with van der Waals surface area (Å²) in [7, 11) is 1.62. The number of thiophene rings is 1. The number of hydrogen-bond donors (Lipinski definition) is 0. The molecule has 0 amide bonds. The lowest BCUT2D eigenvalue weighted by Gasteiger charge is -2.12. The standard InChI is InChI=1S/C23H20BrClO3S/c1-14-10-19(15(2)29-14)21(26)7-4-16-5-8-22(27-3)17(11-16)13-28-23-9-6-18(25)12-20(23)24/h4-12H,13H2,1-3H3/b7-4+. The number of benzene rings is 2. The van der Waals surface area contributed by atoms with Crippen molar-refractivity contribution in [3.05, 3.63) is 84.5 Å². The zero-order chi connectivity index (χ0) is 21.0. The molecule has 3 aromatic rings. The lowest BCUT2D eigenvalue weighted by molar-refractivity contribution is 0.104. The van der Waals surface area contributed by atoms with Crippen molar-refractivity contribution < 1.29 is 14.3 Å². The summed E-state index contributed by atoms with van der Waals surface area (Å²) < 4.78 is 12.1. The van der Waals surface area contributed by atoms with Crippen LogP contribution in [0.1, 0.15) is 31.2 Å². The second-order valence-corrected chi connectivity index (χ2v) is 9.21. The molecule has 0 fully saturated rings. The van der Waals surface area contributed by atoms with E-state index in [2.05, 4.69) is 15.9 Å². The van der Waals surface area contributed by atoms with Crippen molar-refractivity contribution in [2.24, 2.45) is 0 Å². The highest BCUT2D eigenvalue weighted by Gasteiger charge is 2.10. The third-order valence-electron chi connectivity index (χ3n) is 4.32. The highest BCUT2D eigenvalue weighted by atomic mass is 79.9. The van der Waals surface area contributed by atoms with Crippen LogP contribution in [-0.2, 0) is 6.61 Å². The topological polar surface area (TPSA) is 35.5 Å². The van der Waals surface area contributed by atoms with Crippen molar-refractivity contribution in [3.63, 3.8) is 0 Å². The number of carbonyl (C=O) groups is 1. The van der Waals surface area contributed by atoms with Crippen LogP contribution in [0.2, 0.25) is 5.02 Å². The SMILES string of the molecule is COc1ccc(/C=C/C(=O)c2cc(C)sc2C)cc1COc1ccc(Cl)cc1Br. The third-order valence-corrected chi connectivity index (χ3v) is 6.14. The number of allylic oxidation sites excluding steroid dienone is 1. The van der Waals surface area contributed by atoms with Crippen LogP contribution in [-0.4, -0.2) is 12.9 Å². The van der Waals surface area contributed by atoms with Crippen molar-refractivity contribution in [2.45, 2.75) is 20.5 Å². The lowest BCUT2D eigenvalue weighted by atomic mass is 10.1. The van der Waals surface area contributed by atoms with Gasteiger partial charge >= 0.3 is 0 Å². The van der Waals surface area contributed by atoms with E-state index in [1.165, 1.54) is 0 Å². The summed E-state index contributed by atoms with van der Waals surface area (Å²) in [4.78, 5) is 14.7. The van der Waals surface area contributed by atoms with Gasteiger partial charge in [0, 0.05) is 25.9 Å². The summed E-state index contributed by atoms with van der Waals surface area (Å²) in [6.45, 7) is 4.30. The first-order valence-electron chi connectivity index (χ1n) is 8.91. The van der Waals surface area contributed by atoms with E-state index in [4.69, 9.17) is 21.1 Å². The molecule has 0 aliphatic heterocycles. The maximum absolute atomic E-state index is 12.5. The average Bonchev–Trinajstić information content (AvgIpc) is 3.03. The van der Waals surface area contributed by atoms with E-state index in [1.807, 2.05) is 50.3 Å². The fourth-order valence-corrected chi connectivity index (χ4v) is 4.63. The lowest BCUT2D eigenvalue weighted by Crippen LogP contribution is -2.00. The molecule has 1 heterocycles. The van der Waals surface area contributed by atoms with E-state index in [9.17, 15) is 4.79 Å². The Kier molecular flexibility index (Phi) is 7.17. The predicted molar refractivity (Wildman–Crippen MR) is 124 cm³/mol. The van der Waals surface area contributed by atoms with Gasteiger partial charge in [0.05, 0.1) is 11.6 Å². The highest BCUT2D eigenvalue weighted by molar-refractivity contribution is 9.10. The number of ether oxygens (including phenoxy) is 2. The van der Waals surface area contributed by atoms with E-state index in [0.717, 1.165) is 36.7 Å². The molecule has 0 atom stereocenters. The normalized spacial score (nSPS) is 11.1. The highest BCUT2D eigenvalue weighted by Crippen LogP contribution is 2.30. The molecule has 0 aliphatic rings. The van der Waals surface area contributed by atoms with E-state index in [1.54, 1.807) is 36.7 Å². The van der Waals surface area contributed by atoms with Crippen molar-refractivity contribution in [3.8, 4) is 11.5 Å². The molecule has 0 spiro atoms. The van der Waals surface area contributed by atoms with Gasteiger partial charge in [0.25, 0.3) is 0 Å². The minimum Gasteiger partial charge on any atom is -0.496 e. The molecule has 3 rings (SSSR count). The first-order valence-corrected chi connectivity index (χ1v) is 10.9. The Balaban J connectivity index is 1.77. The molecule has 0 saturated carbocycles. The molecule has 2 aromatic carbocycles. The molecule has 150 valence electrons. The van der Waals surface area contributed by atoms with Crippen molar-refractivity contribution in [1.29, 1.82) is 0 Å². The van der Waals surface area contributed by atoms with Gasteiger partial charge < -0.3 is 9.47 Å². The molecule has 0 N–H and O–H groups in total. The summed E-state index contributed by atoms with van der Waals surface area (Å²) >= 11 is 11.1. The van der Waals surface area contributed by atoms with E-state index in [0.29, 0.717) is 17.4 Å². The molecular formula is C23H20BrClO3S. The van der Waals surface area contributed by atoms with Gasteiger partial charge in [-0.15, -0.1) is 11.3 Å². The number of aryl methyl sites for hydroxylation is 2. The van der Waals surface area contributed by atoms with Crippen molar-refractivity contribution in [1.82, 2.24) is 0 Å². The quantitative estimate of drug-likeness (QED) is 0.258. The average molecular weight is 492 g/mol. The molecule has 0 saturated heterocycles. The van der Waals surface area contributed by atoms with Crippen LogP contribution in [0.4, 0.5) is 0 Å². The zero-order valence-corrected chi connectivity index (χ0v) is 19.5. The minimum atomic E-state index is 0.00515. The molecular weight excluding hydrogens is 472 g/mol. The number of methoxy groups -OCH3 is 1. The minimum absolute atomic E-state index is 0.00515. The summed E-state index contributed by atoms with van der Waals surface area (Å²) in [6.07, 6.45) is 3.42. The summed E-state index contributed by atoms with van der Waals surface area (Å²) in [5.74, 6) is 1.42. The molecule has 0 radical (unpaired) electrons. The van der Waals surface area contributed by atoms with Gasteiger partial charge in [0.1, 0.15) is 18.1 Å². The number of carbonyl (C=O) groups excluding carboxylic acids is 1. The summed E-state index contributed by atoms with van der Waals surface area (Å²) in [6, 6.07) is 13.1. The van der Waals surface area contributed by atoms with Gasteiger partial charge in [-0.25, -0.2) is 0 Å². The predicted octanol–water partition coefficient (Wildman–Crippen LogP) is 7.26. The van der Waals surface area contributed by atoms with Gasteiger partial charge in [-0.05, 0) is 77.8 Å². The Morgan fingerprint density at radius 2 is 1.90 bits per heavy atom. The first-order chi connectivity index (χ1) is 13.9. The van der Waals surface area contributed by atoms with Gasteiger partial charge in [-0.1, -0.05) is 23.7 Å². The van der Waals surface area contributed by atoms with Gasteiger partial charge in [-0.3, -0.25) is 4.79 Å². The molecule has 0 bridgehead atoms. The van der Waals surface area contributed by atoms with Gasteiger partial charge in [-0.2, -0.15) is 0 Å². The number of hydrogen-bond acceptors (Lipinski definition) is 4. The van der Waals surface area contributed by atoms with Crippen LogP contribution in [0.5, 0.6) is 11.5 Å². The maximum Gasteiger partial charge on any atom is 0.186 e. The third kappa shape index (κ3) is 5.50. The number of ketones is 1. The second-order valence-electron chi connectivity index (χ2n) is 6.46. The fraction of sp³-hybridized carbons (Fsp3) is 0.174. The first kappa shape index (κ1) is 21.6. The molecule has 29 heavy (non-hydrogen) atoms. The zero-order valence-electron chi connectivity index (χ0n) is 16.3. The van der Waals surface area contributed by atoms with E-state index in [-0.39, 0.29) is 5.78 Å². The fourth-order valence-electron chi connectivity index (χ4n) is 2.90. The van der Waals surface area contributed by atoms with Crippen LogP contribution in [0.25, 0.3) is 6.08 Å². The largest absolute Gasteiger partial charge is 0.496 e. The molecule has 0 aliphatic carbocycles. The number of halogens is 2. The van der Waals surface area contributed by atoms with E-state index >= 15 is 0 Å². The van der Waals surface area contributed by atoms with Crippen molar-refractivity contribution >= 4 is 50.7 Å². The molecule has 0 unspecified atom stereocenters. The van der Waals surface area contributed by atoms with Crippen LogP contribution < -0.4 is 9.47 Å². The van der Waals surface area contributed by atoms with Crippen molar-refractivity contribution in [2.75, 3.05) is 7.11 Å². The smallest absolute Gasteiger partial charge is 0.186 e. The Bertz CT molecular complexity index is 1070. The molecule has 1 aromatic heterocycles. The van der Waals surface area contributed by atoms with Crippen LogP contribution in [0, 0.1) is 13.8 Å². The van der Waals surface area contributed by atoms with Crippen LogP contribution in [0.15, 0.2) is 53.0 Å². The molecule has 6 heteroatoms. The Hall–Kier alpha value is -2.08. The Morgan fingerprint density at radius 3 is 2.55 bits per heavy atom. The van der Waals surface area contributed by atoms with Crippen LogP contribution >= 0.6 is 38.9 Å². The monoisotopic (exact) mass is 490 g/mol. The van der Waals surface area contributed by atoms with E-state index < -0.39 is 0 Å². The summed E-state index contributed by atoms with van der Waals surface area (Å²) in [5.41, 5.74) is 2.54. The second kappa shape index (κ2) is 9.61. The summed E-state index contributed by atoms with van der Waals surface area (Å²) in [5, 5.41) is 0.634. The number of rotatable bonds is 7. The maximum atomic E-state index is 12.5. The molecule has 3 nitrogen and oxygen atoms in total.